The Labute approximate surface area is 160 Å². The van der Waals surface area contributed by atoms with Gasteiger partial charge in [0.15, 0.2) is 0 Å². The lowest BCUT2D eigenvalue weighted by molar-refractivity contribution is -0.122. The summed E-state index contributed by atoms with van der Waals surface area (Å²) < 4.78 is 18.1. The van der Waals surface area contributed by atoms with E-state index in [-0.39, 0.29) is 23.9 Å². The van der Waals surface area contributed by atoms with Crippen molar-refractivity contribution in [2.45, 2.75) is 51.7 Å². The molecular weight excluding hydrogens is 349 g/mol. The molecule has 1 aliphatic rings. The first kappa shape index (κ1) is 21.2. The monoisotopic (exact) mass is 379 g/mol. The van der Waals surface area contributed by atoms with Crippen LogP contribution in [0, 0.1) is 5.82 Å². The second kappa shape index (κ2) is 9.69. The van der Waals surface area contributed by atoms with Gasteiger partial charge in [0.05, 0.1) is 6.54 Å². The van der Waals surface area contributed by atoms with E-state index in [4.69, 9.17) is 4.74 Å². The fourth-order valence-corrected chi connectivity index (χ4v) is 2.97. The average molecular weight is 379 g/mol. The minimum atomic E-state index is -0.503. The summed E-state index contributed by atoms with van der Waals surface area (Å²) in [6.07, 6.45) is 1.87. The summed E-state index contributed by atoms with van der Waals surface area (Å²) in [5.74, 6) is -0.275. The molecule has 0 aliphatic carbocycles. The molecule has 0 radical (unpaired) electrons. The zero-order valence-electron chi connectivity index (χ0n) is 16.4. The number of rotatable bonds is 6. The number of alkyl carbamates (subject to hydrolysis) is 1. The highest BCUT2D eigenvalue weighted by atomic mass is 19.1. The number of piperidine rings is 1. The number of amides is 2. The first-order valence-electron chi connectivity index (χ1n) is 9.44. The Morgan fingerprint density at radius 1 is 1.19 bits per heavy atom. The molecule has 2 N–H and O–H groups in total. The van der Waals surface area contributed by atoms with Crippen LogP contribution in [0.25, 0.3) is 0 Å². The highest BCUT2D eigenvalue weighted by Gasteiger charge is 2.24. The van der Waals surface area contributed by atoms with Crippen molar-refractivity contribution in [1.82, 2.24) is 15.5 Å². The molecule has 0 atom stereocenters. The summed E-state index contributed by atoms with van der Waals surface area (Å²) in [5, 5.41) is 5.79. The van der Waals surface area contributed by atoms with Crippen LogP contribution < -0.4 is 10.6 Å². The summed E-state index contributed by atoms with van der Waals surface area (Å²) in [7, 11) is 0. The Morgan fingerprint density at radius 3 is 2.41 bits per heavy atom. The molecule has 0 spiro atoms. The lowest BCUT2D eigenvalue weighted by Crippen LogP contribution is -2.48. The highest BCUT2D eigenvalue weighted by Crippen LogP contribution is 2.12. The number of likely N-dealkylation sites (tertiary alicyclic amines) is 1. The van der Waals surface area contributed by atoms with Crippen LogP contribution in [0.5, 0.6) is 0 Å². The van der Waals surface area contributed by atoms with Crippen LogP contribution in [0.2, 0.25) is 0 Å². The van der Waals surface area contributed by atoms with Crippen LogP contribution in [-0.4, -0.2) is 54.7 Å². The van der Waals surface area contributed by atoms with Crippen LogP contribution in [-0.2, 0) is 16.0 Å². The predicted octanol–water partition coefficient (Wildman–Crippen LogP) is 2.47. The van der Waals surface area contributed by atoms with Gasteiger partial charge in [0.25, 0.3) is 0 Å². The summed E-state index contributed by atoms with van der Waals surface area (Å²) >= 11 is 0. The molecule has 1 saturated heterocycles. The predicted molar refractivity (Wildman–Crippen MR) is 102 cm³/mol. The minimum Gasteiger partial charge on any atom is -0.444 e. The van der Waals surface area contributed by atoms with Gasteiger partial charge in [-0.1, -0.05) is 12.1 Å². The van der Waals surface area contributed by atoms with E-state index in [1.807, 2.05) is 20.8 Å². The zero-order chi connectivity index (χ0) is 19.9. The Kier molecular flexibility index (Phi) is 7.59. The molecule has 1 fully saturated rings. The number of hydrogen-bond donors (Lipinski definition) is 2. The maximum Gasteiger partial charge on any atom is 0.407 e. The Bertz CT molecular complexity index is 620. The summed E-state index contributed by atoms with van der Waals surface area (Å²) in [6, 6.07) is 6.38. The van der Waals surface area contributed by atoms with Crippen molar-refractivity contribution in [2.75, 3.05) is 26.2 Å². The van der Waals surface area contributed by atoms with Gasteiger partial charge in [-0.05, 0) is 57.7 Å². The summed E-state index contributed by atoms with van der Waals surface area (Å²) in [6.45, 7) is 7.90. The zero-order valence-corrected chi connectivity index (χ0v) is 16.4. The number of nitrogens with one attached hydrogen (secondary N) is 2. The molecule has 150 valence electrons. The molecule has 27 heavy (non-hydrogen) atoms. The molecule has 2 amide bonds. The van der Waals surface area contributed by atoms with Gasteiger partial charge in [0.2, 0.25) is 5.91 Å². The van der Waals surface area contributed by atoms with Gasteiger partial charge >= 0.3 is 6.09 Å². The maximum atomic E-state index is 12.9. The van der Waals surface area contributed by atoms with Gasteiger partial charge in [-0.15, -0.1) is 0 Å². The van der Waals surface area contributed by atoms with E-state index in [0.717, 1.165) is 31.5 Å². The molecule has 7 heteroatoms. The van der Waals surface area contributed by atoms with Crippen molar-refractivity contribution in [1.29, 1.82) is 0 Å². The number of halogens is 1. The fourth-order valence-electron chi connectivity index (χ4n) is 2.97. The average Bonchev–Trinajstić information content (AvgIpc) is 2.57. The van der Waals surface area contributed by atoms with Crippen LogP contribution in [0.1, 0.15) is 39.2 Å². The fraction of sp³-hybridized carbons (Fsp3) is 0.600. The Balaban J connectivity index is 1.61. The van der Waals surface area contributed by atoms with E-state index in [9.17, 15) is 14.0 Å². The molecule has 2 rings (SSSR count). The standard InChI is InChI=1S/C20H30FN3O3/c1-20(2,3)27-19(26)23-17-9-12-24(13-10-17)14-18(25)22-11-8-15-4-6-16(21)7-5-15/h4-7,17H,8-14H2,1-3H3,(H,22,25)(H,23,26). The first-order valence-corrected chi connectivity index (χ1v) is 9.44. The van der Waals surface area contributed by atoms with Crippen molar-refractivity contribution < 1.29 is 18.7 Å². The second-order valence-corrected chi connectivity index (χ2v) is 7.92. The normalized spacial score (nSPS) is 16.0. The summed E-state index contributed by atoms with van der Waals surface area (Å²) in [5.41, 5.74) is 0.488. The maximum absolute atomic E-state index is 12.9. The van der Waals surface area contributed by atoms with Gasteiger partial charge in [0, 0.05) is 25.7 Å². The van der Waals surface area contributed by atoms with Crippen molar-refractivity contribution in [3.05, 3.63) is 35.6 Å². The van der Waals surface area contributed by atoms with E-state index in [1.54, 1.807) is 12.1 Å². The quantitative estimate of drug-likeness (QED) is 0.797. The topological polar surface area (TPSA) is 70.7 Å². The molecule has 0 unspecified atom stereocenters. The molecule has 0 saturated carbocycles. The first-order chi connectivity index (χ1) is 12.7. The molecule has 6 nitrogen and oxygen atoms in total. The van der Waals surface area contributed by atoms with E-state index >= 15 is 0 Å². The molecule has 1 aromatic rings. The number of nitrogens with zero attached hydrogens (tertiary/aromatic N) is 1. The van der Waals surface area contributed by atoms with E-state index in [1.165, 1.54) is 12.1 Å². The van der Waals surface area contributed by atoms with Crippen LogP contribution >= 0.6 is 0 Å². The molecule has 0 bridgehead atoms. The number of ether oxygens (including phenoxy) is 1. The van der Waals surface area contributed by atoms with E-state index < -0.39 is 5.60 Å². The van der Waals surface area contributed by atoms with Gasteiger partial charge in [-0.2, -0.15) is 0 Å². The molecular formula is C20H30FN3O3. The molecule has 1 heterocycles. The number of carbonyl (C=O) groups is 2. The minimum absolute atomic E-state index is 0.0179. The van der Waals surface area contributed by atoms with Gasteiger partial charge in [-0.3, -0.25) is 9.69 Å². The Morgan fingerprint density at radius 2 is 1.81 bits per heavy atom. The van der Waals surface area contributed by atoms with Crippen LogP contribution in [0.15, 0.2) is 24.3 Å². The van der Waals surface area contributed by atoms with Gasteiger partial charge in [0.1, 0.15) is 11.4 Å². The van der Waals surface area contributed by atoms with Gasteiger partial charge in [-0.25, -0.2) is 9.18 Å². The number of benzene rings is 1. The van der Waals surface area contributed by atoms with E-state index in [0.29, 0.717) is 19.5 Å². The van der Waals surface area contributed by atoms with Crippen molar-refractivity contribution in [3.8, 4) is 0 Å². The smallest absolute Gasteiger partial charge is 0.407 e. The highest BCUT2D eigenvalue weighted by molar-refractivity contribution is 5.78. The van der Waals surface area contributed by atoms with Crippen LogP contribution in [0.3, 0.4) is 0 Å². The molecule has 1 aliphatic heterocycles. The molecule has 0 aromatic heterocycles. The third-order valence-corrected chi connectivity index (χ3v) is 4.32. The number of carbonyl (C=O) groups excluding carboxylic acids is 2. The Hall–Kier alpha value is -2.15. The van der Waals surface area contributed by atoms with Gasteiger partial charge < -0.3 is 15.4 Å². The lowest BCUT2D eigenvalue weighted by Gasteiger charge is -2.32. The third-order valence-electron chi connectivity index (χ3n) is 4.32. The van der Waals surface area contributed by atoms with Crippen molar-refractivity contribution in [3.63, 3.8) is 0 Å². The van der Waals surface area contributed by atoms with Crippen LogP contribution in [0.4, 0.5) is 9.18 Å². The number of hydrogen-bond acceptors (Lipinski definition) is 4. The lowest BCUT2D eigenvalue weighted by atomic mass is 10.1. The van der Waals surface area contributed by atoms with Crippen molar-refractivity contribution in [2.24, 2.45) is 0 Å². The van der Waals surface area contributed by atoms with E-state index in [2.05, 4.69) is 15.5 Å². The third kappa shape index (κ3) is 8.39. The summed E-state index contributed by atoms with van der Waals surface area (Å²) in [4.78, 5) is 26.0. The second-order valence-electron chi connectivity index (χ2n) is 7.92. The van der Waals surface area contributed by atoms with Crippen molar-refractivity contribution >= 4 is 12.0 Å². The molecule has 1 aromatic carbocycles. The SMILES string of the molecule is CC(C)(C)OC(=O)NC1CCN(CC(=O)NCCc2ccc(F)cc2)CC1. The largest absolute Gasteiger partial charge is 0.444 e.